The first-order valence-electron chi connectivity index (χ1n) is 6.26. The Labute approximate surface area is 87.8 Å². The van der Waals surface area contributed by atoms with E-state index < -0.39 is 0 Å². The predicted octanol–water partition coefficient (Wildman–Crippen LogP) is 1.85. The van der Waals surface area contributed by atoms with Crippen LogP contribution in [0.3, 0.4) is 0 Å². The van der Waals surface area contributed by atoms with E-state index in [1.165, 1.54) is 45.2 Å². The van der Waals surface area contributed by atoms with Gasteiger partial charge in [-0.3, -0.25) is 0 Å². The molecule has 2 nitrogen and oxygen atoms in total. The van der Waals surface area contributed by atoms with Gasteiger partial charge in [0.2, 0.25) is 0 Å². The van der Waals surface area contributed by atoms with Crippen molar-refractivity contribution in [2.45, 2.75) is 45.1 Å². The van der Waals surface area contributed by atoms with Gasteiger partial charge in [0.05, 0.1) is 0 Å². The second kappa shape index (κ2) is 4.63. The number of likely N-dealkylation sites (tertiary alicyclic amines) is 1. The van der Waals surface area contributed by atoms with Crippen molar-refractivity contribution in [2.24, 2.45) is 17.6 Å². The fourth-order valence-electron chi connectivity index (χ4n) is 2.78. The summed E-state index contributed by atoms with van der Waals surface area (Å²) in [5.74, 6) is 1.89. The van der Waals surface area contributed by atoms with Crippen LogP contribution in [0.2, 0.25) is 0 Å². The zero-order chi connectivity index (χ0) is 9.97. The molecule has 1 saturated carbocycles. The molecule has 1 saturated heterocycles. The maximum Gasteiger partial charge on any atom is 0.0170 e. The number of hydrogen-bond donors (Lipinski definition) is 1. The molecule has 0 aromatic rings. The lowest BCUT2D eigenvalue weighted by atomic mass is 9.91. The standard InChI is InChI=1S/C12H24N2/c1-2-3-11-6-12(13)9-14(8-11)7-10-4-5-10/h10-12H,2-9,13H2,1H3. The Balaban J connectivity index is 1.78. The van der Waals surface area contributed by atoms with E-state index in [9.17, 15) is 0 Å². The molecule has 0 aromatic carbocycles. The average Bonchev–Trinajstić information content (AvgIpc) is 2.87. The van der Waals surface area contributed by atoms with Gasteiger partial charge in [-0.25, -0.2) is 0 Å². The average molecular weight is 196 g/mol. The Morgan fingerprint density at radius 1 is 1.21 bits per heavy atom. The molecule has 14 heavy (non-hydrogen) atoms. The van der Waals surface area contributed by atoms with Crippen LogP contribution in [0.1, 0.15) is 39.0 Å². The topological polar surface area (TPSA) is 29.3 Å². The van der Waals surface area contributed by atoms with Gasteiger partial charge >= 0.3 is 0 Å². The predicted molar refractivity (Wildman–Crippen MR) is 60.2 cm³/mol. The highest BCUT2D eigenvalue weighted by atomic mass is 15.2. The van der Waals surface area contributed by atoms with Crippen LogP contribution in [0.25, 0.3) is 0 Å². The number of piperidine rings is 1. The minimum atomic E-state index is 0.444. The maximum absolute atomic E-state index is 6.10. The van der Waals surface area contributed by atoms with Gasteiger partial charge in [-0.05, 0) is 37.5 Å². The molecule has 1 aliphatic heterocycles. The molecule has 0 bridgehead atoms. The van der Waals surface area contributed by atoms with Crippen molar-refractivity contribution in [2.75, 3.05) is 19.6 Å². The Kier molecular flexibility index (Phi) is 3.45. The normalized spacial score (nSPS) is 34.7. The summed E-state index contributed by atoms with van der Waals surface area (Å²) in [4.78, 5) is 2.62. The van der Waals surface area contributed by atoms with Gasteiger partial charge in [-0.1, -0.05) is 13.3 Å². The number of nitrogens with two attached hydrogens (primary N) is 1. The monoisotopic (exact) mass is 196 g/mol. The van der Waals surface area contributed by atoms with E-state index in [-0.39, 0.29) is 0 Å². The molecule has 0 radical (unpaired) electrons. The summed E-state index contributed by atoms with van der Waals surface area (Å²) in [6, 6.07) is 0.444. The first kappa shape index (κ1) is 10.4. The molecule has 2 unspecified atom stereocenters. The highest BCUT2D eigenvalue weighted by Crippen LogP contribution is 2.31. The molecular formula is C12H24N2. The first-order chi connectivity index (χ1) is 6.78. The van der Waals surface area contributed by atoms with E-state index in [0.29, 0.717) is 6.04 Å². The summed E-state index contributed by atoms with van der Waals surface area (Å²) in [6.45, 7) is 6.08. The first-order valence-corrected chi connectivity index (χ1v) is 6.26. The summed E-state index contributed by atoms with van der Waals surface area (Å²) < 4.78 is 0. The lowest BCUT2D eigenvalue weighted by Crippen LogP contribution is -2.47. The second-order valence-electron chi connectivity index (χ2n) is 5.31. The lowest BCUT2D eigenvalue weighted by Gasteiger charge is -2.36. The van der Waals surface area contributed by atoms with Gasteiger partial charge in [0.25, 0.3) is 0 Å². The van der Waals surface area contributed by atoms with Crippen LogP contribution in [-0.4, -0.2) is 30.6 Å². The molecule has 0 amide bonds. The molecule has 1 heterocycles. The molecule has 2 atom stereocenters. The molecule has 0 spiro atoms. The Bertz CT molecular complexity index is 175. The van der Waals surface area contributed by atoms with Crippen molar-refractivity contribution in [3.63, 3.8) is 0 Å². The molecule has 0 aromatic heterocycles. The molecule has 1 aliphatic carbocycles. The number of rotatable bonds is 4. The van der Waals surface area contributed by atoms with Crippen LogP contribution in [0.5, 0.6) is 0 Å². The van der Waals surface area contributed by atoms with Crippen molar-refractivity contribution in [3.05, 3.63) is 0 Å². The summed E-state index contributed by atoms with van der Waals surface area (Å²) in [6.07, 6.45) is 6.87. The summed E-state index contributed by atoms with van der Waals surface area (Å²) in [5.41, 5.74) is 6.10. The van der Waals surface area contributed by atoms with Crippen LogP contribution >= 0.6 is 0 Å². The zero-order valence-electron chi connectivity index (χ0n) is 9.41. The van der Waals surface area contributed by atoms with Crippen LogP contribution in [0, 0.1) is 11.8 Å². The van der Waals surface area contributed by atoms with E-state index in [2.05, 4.69) is 11.8 Å². The van der Waals surface area contributed by atoms with Crippen molar-refractivity contribution >= 4 is 0 Å². The third kappa shape index (κ3) is 2.96. The fraction of sp³-hybridized carbons (Fsp3) is 1.00. The van der Waals surface area contributed by atoms with E-state index in [1.807, 2.05) is 0 Å². The molecule has 2 fully saturated rings. The molecule has 82 valence electrons. The quantitative estimate of drug-likeness (QED) is 0.743. The van der Waals surface area contributed by atoms with E-state index in [0.717, 1.165) is 18.4 Å². The summed E-state index contributed by atoms with van der Waals surface area (Å²) in [7, 11) is 0. The lowest BCUT2D eigenvalue weighted by molar-refractivity contribution is 0.145. The molecule has 2 heteroatoms. The van der Waals surface area contributed by atoms with E-state index in [1.54, 1.807) is 0 Å². The largest absolute Gasteiger partial charge is 0.327 e. The molecule has 2 N–H and O–H groups in total. The Hall–Kier alpha value is -0.0800. The Morgan fingerprint density at radius 2 is 2.00 bits per heavy atom. The minimum absolute atomic E-state index is 0.444. The smallest absolute Gasteiger partial charge is 0.0170 e. The summed E-state index contributed by atoms with van der Waals surface area (Å²) in [5, 5.41) is 0. The third-order valence-electron chi connectivity index (χ3n) is 3.56. The van der Waals surface area contributed by atoms with Gasteiger partial charge < -0.3 is 10.6 Å². The highest BCUT2D eigenvalue weighted by Gasteiger charge is 2.29. The van der Waals surface area contributed by atoms with Gasteiger partial charge in [0.15, 0.2) is 0 Å². The molecule has 2 aliphatic rings. The van der Waals surface area contributed by atoms with Gasteiger partial charge in [-0.15, -0.1) is 0 Å². The SMILES string of the molecule is CCCC1CC(N)CN(CC2CC2)C1. The summed E-state index contributed by atoms with van der Waals surface area (Å²) >= 11 is 0. The van der Waals surface area contributed by atoms with E-state index in [4.69, 9.17) is 5.73 Å². The van der Waals surface area contributed by atoms with Gasteiger partial charge in [0, 0.05) is 25.7 Å². The molecular weight excluding hydrogens is 172 g/mol. The van der Waals surface area contributed by atoms with Crippen molar-refractivity contribution < 1.29 is 0 Å². The van der Waals surface area contributed by atoms with Crippen LogP contribution in [-0.2, 0) is 0 Å². The molecule has 2 rings (SSSR count). The van der Waals surface area contributed by atoms with Crippen molar-refractivity contribution in [3.8, 4) is 0 Å². The van der Waals surface area contributed by atoms with Crippen molar-refractivity contribution in [1.82, 2.24) is 4.90 Å². The number of hydrogen-bond acceptors (Lipinski definition) is 2. The highest BCUT2D eigenvalue weighted by molar-refractivity contribution is 4.85. The van der Waals surface area contributed by atoms with E-state index >= 15 is 0 Å². The number of nitrogens with zero attached hydrogens (tertiary/aromatic N) is 1. The third-order valence-corrected chi connectivity index (χ3v) is 3.56. The second-order valence-corrected chi connectivity index (χ2v) is 5.31. The van der Waals surface area contributed by atoms with Crippen LogP contribution in [0.4, 0.5) is 0 Å². The Morgan fingerprint density at radius 3 is 2.64 bits per heavy atom. The van der Waals surface area contributed by atoms with Crippen molar-refractivity contribution in [1.29, 1.82) is 0 Å². The van der Waals surface area contributed by atoms with Crippen LogP contribution in [0.15, 0.2) is 0 Å². The zero-order valence-corrected chi connectivity index (χ0v) is 9.41. The fourth-order valence-corrected chi connectivity index (χ4v) is 2.78. The van der Waals surface area contributed by atoms with Gasteiger partial charge in [0.1, 0.15) is 0 Å². The van der Waals surface area contributed by atoms with Gasteiger partial charge in [-0.2, -0.15) is 0 Å². The van der Waals surface area contributed by atoms with Crippen LogP contribution < -0.4 is 5.73 Å². The minimum Gasteiger partial charge on any atom is -0.327 e. The maximum atomic E-state index is 6.10.